The fourth-order valence-electron chi connectivity index (χ4n) is 4.97. The van der Waals surface area contributed by atoms with Crippen molar-refractivity contribution in [2.75, 3.05) is 33.7 Å². The van der Waals surface area contributed by atoms with Gasteiger partial charge in [0, 0.05) is 19.6 Å². The highest BCUT2D eigenvalue weighted by atomic mass is 19.1. The minimum atomic E-state index is -0.255. The quantitative estimate of drug-likeness (QED) is 0.773. The molecule has 3 aliphatic rings. The zero-order valence-electron chi connectivity index (χ0n) is 16.1. The van der Waals surface area contributed by atoms with Gasteiger partial charge in [-0.25, -0.2) is 9.18 Å². The summed E-state index contributed by atoms with van der Waals surface area (Å²) in [7, 11) is 4.07. The van der Waals surface area contributed by atoms with Crippen molar-refractivity contribution >= 4 is 6.03 Å². The molecule has 2 aliphatic carbocycles. The van der Waals surface area contributed by atoms with Gasteiger partial charge in [0.15, 0.2) is 0 Å². The van der Waals surface area contributed by atoms with Crippen molar-refractivity contribution in [1.29, 1.82) is 5.26 Å². The summed E-state index contributed by atoms with van der Waals surface area (Å²) in [6.45, 7) is 1.98. The Morgan fingerprint density at radius 1 is 1.33 bits per heavy atom. The number of carbonyl (C=O) groups excluding carboxylic acids is 1. The fourth-order valence-corrected chi connectivity index (χ4v) is 4.97. The highest BCUT2D eigenvalue weighted by Gasteiger charge is 2.64. The monoisotopic (exact) mass is 370 g/mol. The van der Waals surface area contributed by atoms with Crippen molar-refractivity contribution in [3.05, 3.63) is 35.6 Å². The molecule has 5 nitrogen and oxygen atoms in total. The van der Waals surface area contributed by atoms with Gasteiger partial charge in [0.25, 0.3) is 0 Å². The molecule has 144 valence electrons. The van der Waals surface area contributed by atoms with E-state index in [1.54, 1.807) is 12.1 Å². The Labute approximate surface area is 160 Å². The van der Waals surface area contributed by atoms with Gasteiger partial charge >= 0.3 is 6.03 Å². The van der Waals surface area contributed by atoms with Crippen molar-refractivity contribution in [1.82, 2.24) is 14.7 Å². The third-order valence-corrected chi connectivity index (χ3v) is 6.65. The lowest BCUT2D eigenvalue weighted by Crippen LogP contribution is -2.67. The summed E-state index contributed by atoms with van der Waals surface area (Å²) >= 11 is 0. The second kappa shape index (κ2) is 6.49. The number of hydrogen-bond acceptors (Lipinski definition) is 3. The standard InChI is InChI=1S/C21H27FN4O/c1-24(2)21(17-5-3-6-18(22)11-17)13-20(14-21)15-25(10-4-9-23)19(27)26(20)12-16-7-8-16/h3,5-6,11,16H,4,7-8,10,12-15H2,1-2H3. The Morgan fingerprint density at radius 2 is 2.07 bits per heavy atom. The van der Waals surface area contributed by atoms with Gasteiger partial charge in [0.2, 0.25) is 0 Å². The Kier molecular flexibility index (Phi) is 4.38. The predicted octanol–water partition coefficient (Wildman–Crippen LogP) is 3.18. The smallest absolute Gasteiger partial charge is 0.320 e. The first-order chi connectivity index (χ1) is 12.9. The molecule has 1 saturated heterocycles. The average Bonchev–Trinajstić information content (AvgIpc) is 3.37. The molecular weight excluding hydrogens is 343 g/mol. The second-order valence-corrected chi connectivity index (χ2v) is 8.68. The minimum Gasteiger partial charge on any atom is -0.321 e. The molecular formula is C21H27FN4O. The molecule has 1 spiro atoms. The highest BCUT2D eigenvalue weighted by molar-refractivity contribution is 5.79. The van der Waals surface area contributed by atoms with E-state index in [0.29, 0.717) is 25.4 Å². The van der Waals surface area contributed by atoms with E-state index in [0.717, 1.165) is 24.9 Å². The van der Waals surface area contributed by atoms with Crippen molar-refractivity contribution in [3.8, 4) is 6.07 Å². The zero-order chi connectivity index (χ0) is 19.2. The first-order valence-corrected chi connectivity index (χ1v) is 9.77. The van der Waals surface area contributed by atoms with Crippen LogP contribution in [0.5, 0.6) is 0 Å². The number of nitrogens with zero attached hydrogens (tertiary/aromatic N) is 4. The zero-order valence-corrected chi connectivity index (χ0v) is 16.1. The molecule has 6 heteroatoms. The van der Waals surface area contributed by atoms with Gasteiger partial charge in [0.1, 0.15) is 5.82 Å². The molecule has 0 bridgehead atoms. The molecule has 2 saturated carbocycles. The number of carbonyl (C=O) groups is 1. The molecule has 4 rings (SSSR count). The molecule has 0 radical (unpaired) electrons. The maximum absolute atomic E-state index is 13.9. The van der Waals surface area contributed by atoms with Crippen LogP contribution in [0.15, 0.2) is 24.3 Å². The van der Waals surface area contributed by atoms with E-state index in [1.807, 2.05) is 25.1 Å². The van der Waals surface area contributed by atoms with Gasteiger partial charge in [-0.1, -0.05) is 12.1 Å². The number of benzene rings is 1. The van der Waals surface area contributed by atoms with Crippen molar-refractivity contribution < 1.29 is 9.18 Å². The fraction of sp³-hybridized carbons (Fsp3) is 0.619. The van der Waals surface area contributed by atoms with Gasteiger partial charge in [-0.05, 0) is 63.4 Å². The number of halogens is 1. The van der Waals surface area contributed by atoms with Gasteiger partial charge in [-0.2, -0.15) is 5.26 Å². The first kappa shape index (κ1) is 18.2. The normalized spacial score (nSPS) is 30.1. The predicted molar refractivity (Wildman–Crippen MR) is 100 cm³/mol. The molecule has 1 aliphatic heterocycles. The van der Waals surface area contributed by atoms with Crippen LogP contribution >= 0.6 is 0 Å². The third kappa shape index (κ3) is 2.98. The van der Waals surface area contributed by atoms with E-state index in [9.17, 15) is 9.18 Å². The topological polar surface area (TPSA) is 50.6 Å². The molecule has 1 heterocycles. The Hall–Kier alpha value is -2.13. The Morgan fingerprint density at radius 3 is 2.67 bits per heavy atom. The van der Waals surface area contributed by atoms with Crippen molar-refractivity contribution in [2.24, 2.45) is 5.92 Å². The molecule has 0 atom stereocenters. The minimum absolute atomic E-state index is 0.0729. The summed E-state index contributed by atoms with van der Waals surface area (Å²) in [6.07, 6.45) is 4.36. The summed E-state index contributed by atoms with van der Waals surface area (Å²) in [5.41, 5.74) is 0.522. The summed E-state index contributed by atoms with van der Waals surface area (Å²) in [4.78, 5) is 19.1. The lowest BCUT2D eigenvalue weighted by atomic mass is 9.58. The maximum atomic E-state index is 13.9. The summed E-state index contributed by atoms with van der Waals surface area (Å²) in [5.74, 6) is 0.396. The number of urea groups is 1. The van der Waals surface area contributed by atoms with Crippen molar-refractivity contribution in [2.45, 2.75) is 43.2 Å². The van der Waals surface area contributed by atoms with Crippen LogP contribution in [-0.4, -0.2) is 60.0 Å². The van der Waals surface area contributed by atoms with E-state index in [-0.39, 0.29) is 22.9 Å². The summed E-state index contributed by atoms with van der Waals surface area (Å²) in [5, 5.41) is 8.92. The lowest BCUT2D eigenvalue weighted by Gasteiger charge is -2.60. The highest BCUT2D eigenvalue weighted by Crippen LogP contribution is 2.57. The molecule has 2 amide bonds. The van der Waals surface area contributed by atoms with E-state index in [2.05, 4.69) is 15.9 Å². The van der Waals surface area contributed by atoms with Gasteiger partial charge < -0.3 is 9.80 Å². The van der Waals surface area contributed by atoms with Crippen LogP contribution in [-0.2, 0) is 5.54 Å². The van der Waals surface area contributed by atoms with Crippen LogP contribution < -0.4 is 0 Å². The number of nitriles is 1. The summed E-state index contributed by atoms with van der Waals surface area (Å²) < 4.78 is 13.9. The lowest BCUT2D eigenvalue weighted by molar-refractivity contribution is -0.0709. The van der Waals surface area contributed by atoms with Gasteiger partial charge in [0.05, 0.1) is 23.6 Å². The number of rotatable bonds is 6. The van der Waals surface area contributed by atoms with Gasteiger partial charge in [-0.3, -0.25) is 4.90 Å². The van der Waals surface area contributed by atoms with E-state index < -0.39 is 0 Å². The SMILES string of the molecule is CN(C)C1(c2cccc(F)c2)CC2(CN(CCC#N)C(=O)N2CC2CC2)C1. The summed E-state index contributed by atoms with van der Waals surface area (Å²) in [6, 6.07) is 9.08. The number of amides is 2. The van der Waals surface area contributed by atoms with Crippen LogP contribution in [0.3, 0.4) is 0 Å². The van der Waals surface area contributed by atoms with E-state index >= 15 is 0 Å². The van der Waals surface area contributed by atoms with Crippen molar-refractivity contribution in [3.63, 3.8) is 0 Å². The van der Waals surface area contributed by atoms with E-state index in [1.165, 1.54) is 18.9 Å². The molecule has 1 aromatic carbocycles. The number of hydrogen-bond donors (Lipinski definition) is 0. The van der Waals surface area contributed by atoms with Crippen LogP contribution in [0.1, 0.15) is 37.7 Å². The van der Waals surface area contributed by atoms with E-state index in [4.69, 9.17) is 5.26 Å². The molecule has 0 aromatic heterocycles. The maximum Gasteiger partial charge on any atom is 0.320 e. The van der Waals surface area contributed by atoms with Crippen LogP contribution in [0.2, 0.25) is 0 Å². The molecule has 1 aromatic rings. The van der Waals surface area contributed by atoms with Gasteiger partial charge in [-0.15, -0.1) is 0 Å². The molecule has 0 unspecified atom stereocenters. The average molecular weight is 370 g/mol. The third-order valence-electron chi connectivity index (χ3n) is 6.65. The molecule has 3 fully saturated rings. The second-order valence-electron chi connectivity index (χ2n) is 8.68. The van der Waals surface area contributed by atoms with Crippen LogP contribution in [0, 0.1) is 23.1 Å². The van der Waals surface area contributed by atoms with Crippen LogP contribution in [0.4, 0.5) is 9.18 Å². The largest absolute Gasteiger partial charge is 0.321 e. The van der Waals surface area contributed by atoms with Crippen LogP contribution in [0.25, 0.3) is 0 Å². The first-order valence-electron chi connectivity index (χ1n) is 9.77. The Balaban J connectivity index is 1.62. The Bertz CT molecular complexity index is 777. The molecule has 27 heavy (non-hydrogen) atoms. The molecule has 0 N–H and O–H groups in total.